The second kappa shape index (κ2) is 10.5. The Balaban J connectivity index is 1.64. The van der Waals surface area contributed by atoms with Gasteiger partial charge in [-0.15, -0.1) is 0 Å². The average molecular weight is 643 g/mol. The number of imide groups is 1. The number of aromatic nitrogens is 1. The fourth-order valence-corrected chi connectivity index (χ4v) is 7.62. The van der Waals surface area contributed by atoms with Crippen LogP contribution in [-0.2, 0) is 25.3 Å². The number of thioether (sulfide) groups is 1. The molecule has 1 fully saturated rings. The zero-order valence-corrected chi connectivity index (χ0v) is 23.1. The number of para-hydroxylation sites is 1. The lowest BCUT2D eigenvalue weighted by Crippen LogP contribution is -2.33. The number of H-pyrrole nitrogens is 1. The average Bonchev–Trinajstić information content (AvgIpc) is 3.37. The first-order valence-electron chi connectivity index (χ1n) is 11.5. The van der Waals surface area contributed by atoms with Crippen LogP contribution in [0.1, 0.15) is 28.8 Å². The van der Waals surface area contributed by atoms with Gasteiger partial charge in [-0.2, -0.15) is 13.2 Å². The maximum Gasteiger partial charge on any atom is 0.418 e. The van der Waals surface area contributed by atoms with Crippen LogP contribution in [-0.4, -0.2) is 41.2 Å². The Kier molecular flexibility index (Phi) is 7.37. The van der Waals surface area contributed by atoms with Gasteiger partial charge in [0.25, 0.3) is 0 Å². The van der Waals surface area contributed by atoms with Crippen LogP contribution in [0.15, 0.2) is 56.8 Å². The molecule has 1 N–H and O–H groups in total. The summed E-state index contributed by atoms with van der Waals surface area (Å²) in [4.78, 5) is 55.1. The van der Waals surface area contributed by atoms with Crippen molar-refractivity contribution in [3.05, 3.63) is 72.6 Å². The molecule has 39 heavy (non-hydrogen) atoms. The zero-order chi connectivity index (χ0) is 28.1. The van der Waals surface area contributed by atoms with Crippen LogP contribution in [0, 0.1) is 5.92 Å². The lowest BCUT2D eigenvalue weighted by Gasteiger charge is -2.31. The summed E-state index contributed by atoms with van der Waals surface area (Å²) in [6, 6.07) is 9.24. The molecular weight excluding hydrogens is 625 g/mol. The number of hydrogen-bond donors (Lipinski definition) is 1. The van der Waals surface area contributed by atoms with Crippen LogP contribution in [0.4, 0.5) is 18.9 Å². The Hall–Kier alpha value is -3.10. The largest absolute Gasteiger partial charge is 0.482 e. The number of alkyl halides is 3. The predicted molar refractivity (Wildman–Crippen MR) is 140 cm³/mol. The first-order chi connectivity index (χ1) is 18.5. The maximum atomic E-state index is 13.9. The van der Waals surface area contributed by atoms with Crippen LogP contribution < -0.4 is 14.5 Å². The van der Waals surface area contributed by atoms with Crippen LogP contribution >= 0.6 is 39.0 Å². The molecular formula is C25H18BrF3N2O6S2. The van der Waals surface area contributed by atoms with E-state index in [-0.39, 0.29) is 12.4 Å². The minimum Gasteiger partial charge on any atom is -0.482 e. The van der Waals surface area contributed by atoms with Gasteiger partial charge in [0.05, 0.1) is 28.8 Å². The number of esters is 1. The molecule has 14 heteroatoms. The first-order valence-corrected chi connectivity index (χ1v) is 14.0. The van der Waals surface area contributed by atoms with E-state index in [1.807, 2.05) is 0 Å². The number of thiazole rings is 1. The third-order valence-corrected chi connectivity index (χ3v) is 9.13. The number of carbonyl (C=O) groups excluding carboxylic acids is 3. The Morgan fingerprint density at radius 1 is 1.13 bits per heavy atom. The molecule has 1 saturated heterocycles. The van der Waals surface area contributed by atoms with Gasteiger partial charge in [0.15, 0.2) is 6.61 Å². The fourth-order valence-electron chi connectivity index (χ4n) is 4.73. The molecule has 1 aromatic heterocycles. The summed E-state index contributed by atoms with van der Waals surface area (Å²) in [5.74, 6) is -4.16. The number of amides is 2. The van der Waals surface area contributed by atoms with E-state index in [2.05, 4.69) is 20.9 Å². The molecule has 3 atom stereocenters. The highest BCUT2D eigenvalue weighted by Gasteiger charge is 2.57. The molecule has 0 spiro atoms. The van der Waals surface area contributed by atoms with E-state index in [4.69, 9.17) is 9.47 Å². The molecule has 2 aliphatic heterocycles. The highest BCUT2D eigenvalue weighted by molar-refractivity contribution is 9.10. The normalized spacial score (nSPS) is 20.5. The number of benzene rings is 2. The van der Waals surface area contributed by atoms with Gasteiger partial charge < -0.3 is 14.5 Å². The van der Waals surface area contributed by atoms with E-state index < -0.39 is 63.8 Å². The van der Waals surface area contributed by atoms with Crippen molar-refractivity contribution in [2.24, 2.45) is 5.92 Å². The molecule has 3 heterocycles. The minimum absolute atomic E-state index is 0.144. The molecule has 5 rings (SSSR count). The standard InChI is InChI=1S/C25H18BrF3N2O6S2/c1-2-36-16(32)10-37-15-8-7-11(26)9-12(15)17-18-20(38-21-19(17)39-24(35)30-21)23(34)31(22(18)33)14-6-4-3-5-13(14)25(27,28)29/h3-9,17-18,20H,2,10H2,1H3,(H,30,35)/t17-,18?,20?/m1/s1. The van der Waals surface area contributed by atoms with Crippen molar-refractivity contribution in [3.63, 3.8) is 0 Å². The lowest BCUT2D eigenvalue weighted by molar-refractivity contribution is -0.145. The topological polar surface area (TPSA) is 106 Å². The minimum atomic E-state index is -4.81. The Labute approximate surface area is 235 Å². The Morgan fingerprint density at radius 3 is 2.59 bits per heavy atom. The number of nitrogens with zero attached hydrogens (tertiary/aromatic N) is 1. The summed E-state index contributed by atoms with van der Waals surface area (Å²) in [5.41, 5.74) is -1.29. The van der Waals surface area contributed by atoms with Crippen molar-refractivity contribution in [2.45, 2.75) is 29.3 Å². The number of carbonyl (C=O) groups is 3. The van der Waals surface area contributed by atoms with Crippen molar-refractivity contribution in [2.75, 3.05) is 18.1 Å². The van der Waals surface area contributed by atoms with Crippen molar-refractivity contribution in [3.8, 4) is 5.75 Å². The van der Waals surface area contributed by atoms with E-state index in [0.717, 1.165) is 35.2 Å². The molecule has 2 amide bonds. The molecule has 0 saturated carbocycles. The molecule has 0 bridgehead atoms. The summed E-state index contributed by atoms with van der Waals surface area (Å²) in [5, 5.41) is -0.766. The highest BCUT2D eigenvalue weighted by Crippen LogP contribution is 2.55. The summed E-state index contributed by atoms with van der Waals surface area (Å²) < 4.78 is 52.7. The second-order valence-corrected chi connectivity index (χ2v) is 11.6. The van der Waals surface area contributed by atoms with Crippen LogP contribution in [0.3, 0.4) is 0 Å². The van der Waals surface area contributed by atoms with Crippen molar-refractivity contribution >= 4 is 62.5 Å². The fraction of sp³-hybridized carbons (Fsp3) is 0.280. The van der Waals surface area contributed by atoms with Gasteiger partial charge in [-0.05, 0) is 37.3 Å². The molecule has 2 aromatic carbocycles. The number of nitrogens with one attached hydrogen (secondary N) is 1. The number of halogens is 4. The zero-order valence-electron chi connectivity index (χ0n) is 19.9. The SMILES string of the molecule is CCOC(=O)COc1ccc(Br)cc1[C@H]1c2sc(=O)[nH]c2SC2C(=O)N(c3ccccc3C(F)(F)F)C(=O)C21. The summed E-state index contributed by atoms with van der Waals surface area (Å²) >= 11 is 5.17. The number of fused-ring (bicyclic) bond motifs is 2. The van der Waals surface area contributed by atoms with Gasteiger partial charge in [-0.1, -0.05) is 51.2 Å². The Morgan fingerprint density at radius 2 is 1.87 bits per heavy atom. The maximum absolute atomic E-state index is 13.9. The van der Waals surface area contributed by atoms with Gasteiger partial charge in [0.1, 0.15) is 11.0 Å². The Bertz CT molecular complexity index is 1540. The van der Waals surface area contributed by atoms with E-state index in [1.165, 1.54) is 12.1 Å². The second-order valence-electron chi connectivity index (χ2n) is 8.55. The highest BCUT2D eigenvalue weighted by atomic mass is 79.9. The van der Waals surface area contributed by atoms with Gasteiger partial charge in [0, 0.05) is 20.8 Å². The van der Waals surface area contributed by atoms with Gasteiger partial charge in [0.2, 0.25) is 11.8 Å². The number of hydrogen-bond acceptors (Lipinski definition) is 8. The van der Waals surface area contributed by atoms with E-state index >= 15 is 0 Å². The number of ether oxygens (including phenoxy) is 2. The van der Waals surface area contributed by atoms with E-state index in [0.29, 0.717) is 24.8 Å². The summed E-state index contributed by atoms with van der Waals surface area (Å²) in [6.07, 6.45) is -4.81. The summed E-state index contributed by atoms with van der Waals surface area (Å²) in [7, 11) is 0. The molecule has 0 radical (unpaired) electrons. The molecule has 0 aliphatic carbocycles. The molecule has 204 valence electrons. The third-order valence-electron chi connectivity index (χ3n) is 6.23. The quantitative estimate of drug-likeness (QED) is 0.299. The third kappa shape index (κ3) is 5.00. The molecule has 8 nitrogen and oxygen atoms in total. The van der Waals surface area contributed by atoms with Crippen LogP contribution in [0.2, 0.25) is 0 Å². The van der Waals surface area contributed by atoms with Crippen molar-refractivity contribution in [1.29, 1.82) is 0 Å². The molecule has 3 aromatic rings. The van der Waals surface area contributed by atoms with Crippen molar-refractivity contribution in [1.82, 2.24) is 4.98 Å². The number of rotatable bonds is 6. The van der Waals surface area contributed by atoms with Gasteiger partial charge in [-0.3, -0.25) is 14.4 Å². The van der Waals surface area contributed by atoms with Crippen LogP contribution in [0.5, 0.6) is 5.75 Å². The van der Waals surface area contributed by atoms with Gasteiger partial charge in [-0.25, -0.2) is 9.69 Å². The van der Waals surface area contributed by atoms with E-state index in [1.54, 1.807) is 25.1 Å². The van der Waals surface area contributed by atoms with Gasteiger partial charge >= 0.3 is 17.0 Å². The molecule has 2 aliphatic rings. The number of anilines is 1. The van der Waals surface area contributed by atoms with E-state index in [9.17, 15) is 32.3 Å². The monoisotopic (exact) mass is 642 g/mol. The van der Waals surface area contributed by atoms with Crippen molar-refractivity contribution < 1.29 is 37.0 Å². The lowest BCUT2D eigenvalue weighted by atomic mass is 9.82. The first kappa shape index (κ1) is 27.5. The van der Waals surface area contributed by atoms with Crippen LogP contribution in [0.25, 0.3) is 0 Å². The predicted octanol–water partition coefficient (Wildman–Crippen LogP) is 4.96. The number of aromatic amines is 1. The summed E-state index contributed by atoms with van der Waals surface area (Å²) in [6.45, 7) is 1.35. The molecule has 2 unspecified atom stereocenters. The smallest absolute Gasteiger partial charge is 0.418 e.